The van der Waals surface area contributed by atoms with E-state index < -0.39 is 0 Å². The third-order valence-corrected chi connectivity index (χ3v) is 3.45. The molecule has 122 valence electrons. The molecule has 2 rings (SSSR count). The first kappa shape index (κ1) is 17.1. The first-order valence-corrected chi connectivity index (χ1v) is 7.88. The van der Waals surface area contributed by atoms with Gasteiger partial charge in [0.15, 0.2) is 6.61 Å². The largest absolute Gasteiger partial charge is 0.497 e. The standard InChI is InChI=1S/C17H18BrNO4/c1-21-15-3-2-4-16(11-15)22-10-9-19-17(20)12-23-14-7-5-13(18)6-8-14/h2-8,11H,9-10,12H2,1H3,(H,19,20). The molecule has 23 heavy (non-hydrogen) atoms. The van der Waals surface area contributed by atoms with Gasteiger partial charge in [0, 0.05) is 10.5 Å². The van der Waals surface area contributed by atoms with Crippen molar-refractivity contribution in [1.29, 1.82) is 0 Å². The molecule has 0 bridgehead atoms. The monoisotopic (exact) mass is 379 g/mol. The number of carbonyl (C=O) groups excluding carboxylic acids is 1. The molecule has 0 atom stereocenters. The number of benzene rings is 2. The summed E-state index contributed by atoms with van der Waals surface area (Å²) in [5.74, 6) is 1.89. The van der Waals surface area contributed by atoms with Crippen LogP contribution in [0.15, 0.2) is 53.0 Å². The van der Waals surface area contributed by atoms with Gasteiger partial charge in [0.25, 0.3) is 5.91 Å². The number of ether oxygens (including phenoxy) is 3. The lowest BCUT2D eigenvalue weighted by Crippen LogP contribution is -2.32. The molecule has 0 aliphatic carbocycles. The van der Waals surface area contributed by atoms with Crippen molar-refractivity contribution in [2.45, 2.75) is 0 Å². The zero-order valence-electron chi connectivity index (χ0n) is 12.8. The van der Waals surface area contributed by atoms with Crippen molar-refractivity contribution < 1.29 is 19.0 Å². The van der Waals surface area contributed by atoms with E-state index in [0.29, 0.717) is 24.7 Å². The Morgan fingerprint density at radius 3 is 2.52 bits per heavy atom. The van der Waals surface area contributed by atoms with Gasteiger partial charge in [-0.3, -0.25) is 4.79 Å². The molecule has 1 amide bonds. The third kappa shape index (κ3) is 6.20. The van der Waals surface area contributed by atoms with Gasteiger partial charge in [0.2, 0.25) is 0 Å². The minimum absolute atomic E-state index is 0.0270. The molecule has 0 heterocycles. The summed E-state index contributed by atoms with van der Waals surface area (Å²) in [5.41, 5.74) is 0. The van der Waals surface area contributed by atoms with Crippen LogP contribution in [0.3, 0.4) is 0 Å². The van der Waals surface area contributed by atoms with Crippen LogP contribution in [0.1, 0.15) is 0 Å². The van der Waals surface area contributed by atoms with Crippen molar-refractivity contribution in [2.24, 2.45) is 0 Å². The minimum atomic E-state index is -0.192. The molecule has 0 unspecified atom stereocenters. The Balaban J connectivity index is 1.63. The Morgan fingerprint density at radius 2 is 1.78 bits per heavy atom. The minimum Gasteiger partial charge on any atom is -0.497 e. The molecule has 5 nitrogen and oxygen atoms in total. The molecule has 0 aromatic heterocycles. The average molecular weight is 380 g/mol. The number of carbonyl (C=O) groups is 1. The van der Waals surface area contributed by atoms with E-state index in [2.05, 4.69) is 21.2 Å². The number of hydrogen-bond donors (Lipinski definition) is 1. The van der Waals surface area contributed by atoms with Crippen LogP contribution in [-0.4, -0.2) is 32.8 Å². The second-order valence-electron chi connectivity index (χ2n) is 4.62. The van der Waals surface area contributed by atoms with Crippen molar-refractivity contribution in [3.8, 4) is 17.2 Å². The van der Waals surface area contributed by atoms with Crippen molar-refractivity contribution >= 4 is 21.8 Å². The first-order chi connectivity index (χ1) is 11.2. The molecule has 0 fully saturated rings. The first-order valence-electron chi connectivity index (χ1n) is 7.09. The fourth-order valence-electron chi connectivity index (χ4n) is 1.78. The lowest BCUT2D eigenvalue weighted by atomic mass is 10.3. The van der Waals surface area contributed by atoms with E-state index in [9.17, 15) is 4.79 Å². The van der Waals surface area contributed by atoms with Crippen LogP contribution in [0.2, 0.25) is 0 Å². The maximum absolute atomic E-state index is 11.7. The Kier molecular flexibility index (Phi) is 6.75. The van der Waals surface area contributed by atoms with Crippen molar-refractivity contribution in [2.75, 3.05) is 26.9 Å². The zero-order chi connectivity index (χ0) is 16.5. The summed E-state index contributed by atoms with van der Waals surface area (Å²) in [5, 5.41) is 2.73. The Morgan fingerprint density at radius 1 is 1.04 bits per heavy atom. The van der Waals surface area contributed by atoms with Gasteiger partial charge in [-0.15, -0.1) is 0 Å². The second kappa shape index (κ2) is 9.05. The summed E-state index contributed by atoms with van der Waals surface area (Å²) >= 11 is 3.34. The van der Waals surface area contributed by atoms with E-state index >= 15 is 0 Å². The Hall–Kier alpha value is -2.21. The maximum Gasteiger partial charge on any atom is 0.258 e. The highest BCUT2D eigenvalue weighted by Gasteiger charge is 2.03. The summed E-state index contributed by atoms with van der Waals surface area (Å²) in [6, 6.07) is 14.6. The van der Waals surface area contributed by atoms with E-state index in [1.807, 2.05) is 30.3 Å². The molecule has 0 saturated heterocycles. The number of nitrogens with one attached hydrogen (secondary N) is 1. The molecular weight excluding hydrogens is 362 g/mol. The zero-order valence-corrected chi connectivity index (χ0v) is 14.3. The van der Waals surface area contributed by atoms with Gasteiger partial charge in [-0.2, -0.15) is 0 Å². The predicted molar refractivity (Wildman–Crippen MR) is 91.1 cm³/mol. The van der Waals surface area contributed by atoms with Gasteiger partial charge >= 0.3 is 0 Å². The molecule has 0 aliphatic heterocycles. The SMILES string of the molecule is COc1cccc(OCCNC(=O)COc2ccc(Br)cc2)c1. The number of methoxy groups -OCH3 is 1. The van der Waals surface area contributed by atoms with E-state index in [0.717, 1.165) is 10.2 Å². The number of halogens is 1. The topological polar surface area (TPSA) is 56.8 Å². The molecule has 0 radical (unpaired) electrons. The van der Waals surface area contributed by atoms with E-state index in [-0.39, 0.29) is 12.5 Å². The molecule has 1 N–H and O–H groups in total. The second-order valence-corrected chi connectivity index (χ2v) is 5.54. The molecule has 0 spiro atoms. The van der Waals surface area contributed by atoms with Crippen LogP contribution in [0.4, 0.5) is 0 Å². The number of amides is 1. The predicted octanol–water partition coefficient (Wildman–Crippen LogP) is 3.03. The fraction of sp³-hybridized carbons (Fsp3) is 0.235. The summed E-state index contributed by atoms with van der Waals surface area (Å²) in [7, 11) is 1.60. The van der Waals surface area contributed by atoms with Crippen LogP contribution in [0.25, 0.3) is 0 Å². The Labute approximate surface area is 143 Å². The van der Waals surface area contributed by atoms with Gasteiger partial charge in [-0.1, -0.05) is 22.0 Å². The Bertz CT molecular complexity index is 631. The molecule has 2 aromatic rings. The van der Waals surface area contributed by atoms with E-state index in [1.165, 1.54) is 0 Å². The van der Waals surface area contributed by atoms with Gasteiger partial charge in [0.1, 0.15) is 23.9 Å². The molecular formula is C17H18BrNO4. The highest BCUT2D eigenvalue weighted by Crippen LogP contribution is 2.18. The number of rotatable bonds is 8. The molecule has 2 aromatic carbocycles. The fourth-order valence-corrected chi connectivity index (χ4v) is 2.05. The summed E-state index contributed by atoms with van der Waals surface area (Å²) in [6.45, 7) is 0.748. The normalized spacial score (nSPS) is 10.0. The van der Waals surface area contributed by atoms with Gasteiger partial charge in [0.05, 0.1) is 13.7 Å². The average Bonchev–Trinajstić information content (AvgIpc) is 2.58. The van der Waals surface area contributed by atoms with E-state index in [1.54, 1.807) is 25.3 Å². The highest BCUT2D eigenvalue weighted by atomic mass is 79.9. The van der Waals surface area contributed by atoms with Gasteiger partial charge in [-0.25, -0.2) is 0 Å². The summed E-state index contributed by atoms with van der Waals surface area (Å²) in [4.78, 5) is 11.7. The van der Waals surface area contributed by atoms with Crippen LogP contribution < -0.4 is 19.5 Å². The highest BCUT2D eigenvalue weighted by molar-refractivity contribution is 9.10. The smallest absolute Gasteiger partial charge is 0.258 e. The van der Waals surface area contributed by atoms with Gasteiger partial charge < -0.3 is 19.5 Å². The van der Waals surface area contributed by atoms with Crippen LogP contribution in [-0.2, 0) is 4.79 Å². The molecule has 0 aliphatic rings. The lowest BCUT2D eigenvalue weighted by molar-refractivity contribution is -0.123. The maximum atomic E-state index is 11.7. The van der Waals surface area contributed by atoms with Crippen molar-refractivity contribution in [1.82, 2.24) is 5.32 Å². The van der Waals surface area contributed by atoms with Gasteiger partial charge in [-0.05, 0) is 36.4 Å². The molecule has 6 heteroatoms. The summed E-state index contributed by atoms with van der Waals surface area (Å²) < 4.78 is 17.0. The quantitative estimate of drug-likeness (QED) is 0.716. The van der Waals surface area contributed by atoms with Crippen LogP contribution in [0, 0.1) is 0 Å². The van der Waals surface area contributed by atoms with Crippen LogP contribution in [0.5, 0.6) is 17.2 Å². The van der Waals surface area contributed by atoms with E-state index in [4.69, 9.17) is 14.2 Å². The molecule has 0 saturated carbocycles. The lowest BCUT2D eigenvalue weighted by Gasteiger charge is -2.09. The number of hydrogen-bond acceptors (Lipinski definition) is 4. The van der Waals surface area contributed by atoms with Crippen molar-refractivity contribution in [3.05, 3.63) is 53.0 Å². The van der Waals surface area contributed by atoms with Crippen molar-refractivity contribution in [3.63, 3.8) is 0 Å². The third-order valence-electron chi connectivity index (χ3n) is 2.92. The summed E-state index contributed by atoms with van der Waals surface area (Å²) in [6.07, 6.45) is 0. The van der Waals surface area contributed by atoms with Crippen LogP contribution >= 0.6 is 15.9 Å².